The molecular weight excluding hydrogens is 214 g/mol. The van der Waals surface area contributed by atoms with Crippen molar-refractivity contribution in [2.24, 2.45) is 22.2 Å². The highest BCUT2D eigenvalue weighted by Crippen LogP contribution is 2.19. The molecule has 1 atom stereocenters. The van der Waals surface area contributed by atoms with Crippen LogP contribution in [0, 0.1) is 0 Å². The van der Waals surface area contributed by atoms with E-state index in [9.17, 15) is 0 Å². The number of nitrogens with zero attached hydrogens (tertiary/aromatic N) is 1. The molecule has 1 aliphatic rings. The first-order chi connectivity index (χ1) is 8.14. The van der Waals surface area contributed by atoms with Crippen LogP contribution >= 0.6 is 0 Å². The molecule has 0 bridgehead atoms. The van der Waals surface area contributed by atoms with Crippen LogP contribution in [0.4, 0.5) is 0 Å². The summed E-state index contributed by atoms with van der Waals surface area (Å²) in [5.41, 5.74) is 19.3. The highest BCUT2D eigenvalue weighted by atomic mass is 15.3. The van der Waals surface area contributed by atoms with Crippen LogP contribution < -0.4 is 22.5 Å². The van der Waals surface area contributed by atoms with E-state index >= 15 is 0 Å². The largest absolute Gasteiger partial charge is 0.384 e. The van der Waals surface area contributed by atoms with Crippen molar-refractivity contribution >= 4 is 5.84 Å². The quantitative estimate of drug-likeness (QED) is 0.575. The first kappa shape index (κ1) is 11.6. The minimum Gasteiger partial charge on any atom is -0.384 e. The summed E-state index contributed by atoms with van der Waals surface area (Å²) in [7, 11) is 0. The van der Waals surface area contributed by atoms with E-state index in [-0.39, 0.29) is 0 Å². The predicted octanol–water partition coefficient (Wildman–Crippen LogP) is -0.269. The van der Waals surface area contributed by atoms with Gasteiger partial charge in [0.25, 0.3) is 0 Å². The van der Waals surface area contributed by atoms with Gasteiger partial charge in [-0.1, -0.05) is 24.3 Å². The van der Waals surface area contributed by atoms with Crippen LogP contribution in [0.1, 0.15) is 11.1 Å². The summed E-state index contributed by atoms with van der Waals surface area (Å²) in [5, 5.41) is 3.00. The molecule has 1 aliphatic heterocycles. The van der Waals surface area contributed by atoms with E-state index in [1.807, 2.05) is 24.3 Å². The summed E-state index contributed by atoms with van der Waals surface area (Å²) < 4.78 is 0. The van der Waals surface area contributed by atoms with E-state index < -0.39 is 5.79 Å². The average Bonchev–Trinajstić information content (AvgIpc) is 2.30. The second kappa shape index (κ2) is 4.57. The average molecular weight is 231 g/mol. The summed E-state index contributed by atoms with van der Waals surface area (Å²) in [6, 6.07) is 7.88. The van der Waals surface area contributed by atoms with Gasteiger partial charge >= 0.3 is 0 Å². The van der Waals surface area contributed by atoms with Gasteiger partial charge in [-0.15, -0.1) is 0 Å². The lowest BCUT2D eigenvalue weighted by Gasteiger charge is -2.28. The Bertz CT molecular complexity index is 448. The zero-order chi connectivity index (χ0) is 12.3. The lowest BCUT2D eigenvalue weighted by Crippen LogP contribution is -2.49. The molecule has 1 heterocycles. The maximum Gasteiger partial charge on any atom is 0.211 e. The predicted molar refractivity (Wildman–Crippen MR) is 69.0 cm³/mol. The second-order valence-corrected chi connectivity index (χ2v) is 4.02. The smallest absolute Gasteiger partial charge is 0.211 e. The van der Waals surface area contributed by atoms with Crippen molar-refractivity contribution in [1.29, 1.82) is 0 Å². The molecule has 0 aliphatic carbocycles. The minimum absolute atomic E-state index is 0.414. The van der Waals surface area contributed by atoms with Crippen molar-refractivity contribution in [2.45, 2.75) is 12.2 Å². The highest BCUT2D eigenvalue weighted by molar-refractivity contribution is 5.92. The zero-order valence-electron chi connectivity index (χ0n) is 9.56. The lowest BCUT2D eigenvalue weighted by molar-refractivity contribution is 0.410. The number of amidine groups is 1. The van der Waals surface area contributed by atoms with Crippen molar-refractivity contribution in [3.05, 3.63) is 47.7 Å². The van der Waals surface area contributed by atoms with Crippen molar-refractivity contribution in [3.63, 3.8) is 0 Å². The Kier molecular flexibility index (Phi) is 3.12. The molecule has 0 radical (unpaired) electrons. The number of hydrogen-bond acceptors (Lipinski definition) is 5. The number of rotatable bonds is 3. The molecule has 1 unspecified atom stereocenters. The van der Waals surface area contributed by atoms with E-state index in [0.29, 0.717) is 12.4 Å². The number of aliphatic imine (C=N–C) groups is 1. The maximum absolute atomic E-state index is 6.14. The van der Waals surface area contributed by atoms with Crippen LogP contribution in [0.3, 0.4) is 0 Å². The van der Waals surface area contributed by atoms with Crippen molar-refractivity contribution in [2.75, 3.05) is 6.54 Å². The fourth-order valence-corrected chi connectivity index (χ4v) is 1.77. The first-order valence-corrected chi connectivity index (χ1v) is 5.52. The Labute approximate surface area is 100 Å². The van der Waals surface area contributed by atoms with Crippen LogP contribution in [0.5, 0.6) is 0 Å². The van der Waals surface area contributed by atoms with Crippen molar-refractivity contribution in [3.8, 4) is 0 Å². The van der Waals surface area contributed by atoms with Gasteiger partial charge in [0.05, 0.1) is 0 Å². The van der Waals surface area contributed by atoms with Gasteiger partial charge in [0.1, 0.15) is 5.84 Å². The van der Waals surface area contributed by atoms with E-state index in [1.165, 1.54) is 5.56 Å². The van der Waals surface area contributed by atoms with Gasteiger partial charge in [-0.2, -0.15) is 0 Å². The highest BCUT2D eigenvalue weighted by Gasteiger charge is 2.26. The van der Waals surface area contributed by atoms with Crippen LogP contribution in [0.15, 0.2) is 41.5 Å². The van der Waals surface area contributed by atoms with Gasteiger partial charge in [0.2, 0.25) is 5.79 Å². The molecule has 0 saturated carbocycles. The summed E-state index contributed by atoms with van der Waals surface area (Å²) in [5.74, 6) is -0.558. The molecule has 0 saturated heterocycles. The van der Waals surface area contributed by atoms with Gasteiger partial charge in [-0.25, -0.2) is 4.99 Å². The lowest BCUT2D eigenvalue weighted by atomic mass is 10.0. The molecule has 0 spiro atoms. The summed E-state index contributed by atoms with van der Waals surface area (Å²) in [6.07, 6.45) is 4.24. The summed E-state index contributed by atoms with van der Waals surface area (Å²) in [4.78, 5) is 4.21. The second-order valence-electron chi connectivity index (χ2n) is 4.02. The van der Waals surface area contributed by atoms with E-state index in [1.54, 1.807) is 12.3 Å². The SMILES string of the molecule is NCCc1ccc(C2(N)N=C(N)C=CN2)cc1. The molecule has 0 amide bonds. The van der Waals surface area contributed by atoms with Gasteiger partial charge in [-0.3, -0.25) is 5.73 Å². The molecule has 5 nitrogen and oxygen atoms in total. The number of benzene rings is 1. The van der Waals surface area contributed by atoms with Crippen molar-refractivity contribution in [1.82, 2.24) is 5.32 Å². The molecule has 1 aromatic carbocycles. The van der Waals surface area contributed by atoms with Crippen molar-refractivity contribution < 1.29 is 0 Å². The molecule has 1 aromatic rings. The maximum atomic E-state index is 6.14. The Morgan fingerprint density at radius 2 is 1.94 bits per heavy atom. The molecular formula is C12H17N5. The standard InChI is InChI=1S/C12H17N5/c13-7-5-9-1-3-10(4-2-9)12(15)16-8-6-11(14)17-12/h1-4,6,8,16H,5,7,13,15H2,(H2,14,17). The van der Waals surface area contributed by atoms with Crippen LogP contribution in [-0.4, -0.2) is 12.4 Å². The molecule has 90 valence electrons. The number of hydrogen-bond donors (Lipinski definition) is 4. The third-order valence-corrected chi connectivity index (χ3v) is 2.69. The monoisotopic (exact) mass is 231 g/mol. The Hall–Kier alpha value is -1.85. The fraction of sp³-hybridized carbons (Fsp3) is 0.250. The molecule has 17 heavy (non-hydrogen) atoms. The summed E-state index contributed by atoms with van der Waals surface area (Å²) >= 11 is 0. The molecule has 2 rings (SSSR count). The molecule has 5 heteroatoms. The van der Waals surface area contributed by atoms with E-state index in [4.69, 9.17) is 17.2 Å². The van der Waals surface area contributed by atoms with E-state index in [2.05, 4.69) is 10.3 Å². The van der Waals surface area contributed by atoms with Crippen LogP contribution in [0.2, 0.25) is 0 Å². The number of nitrogens with one attached hydrogen (secondary N) is 1. The third-order valence-electron chi connectivity index (χ3n) is 2.69. The van der Waals surface area contributed by atoms with Gasteiger partial charge < -0.3 is 16.8 Å². The van der Waals surface area contributed by atoms with Gasteiger partial charge in [-0.05, 0) is 24.6 Å². The van der Waals surface area contributed by atoms with Crippen LogP contribution in [-0.2, 0) is 12.2 Å². The van der Waals surface area contributed by atoms with E-state index in [0.717, 1.165) is 12.0 Å². The Morgan fingerprint density at radius 3 is 2.53 bits per heavy atom. The summed E-state index contributed by atoms with van der Waals surface area (Å²) in [6.45, 7) is 0.638. The fourth-order valence-electron chi connectivity index (χ4n) is 1.77. The normalized spacial score (nSPS) is 23.1. The Balaban J connectivity index is 2.25. The molecule has 0 fully saturated rings. The first-order valence-electron chi connectivity index (χ1n) is 5.52. The van der Waals surface area contributed by atoms with Gasteiger partial charge in [0, 0.05) is 11.8 Å². The minimum atomic E-state index is -0.972. The zero-order valence-corrected chi connectivity index (χ0v) is 9.56. The molecule has 0 aromatic heterocycles. The number of nitrogens with two attached hydrogens (primary N) is 3. The Morgan fingerprint density at radius 1 is 1.24 bits per heavy atom. The van der Waals surface area contributed by atoms with Gasteiger partial charge in [0.15, 0.2) is 0 Å². The third kappa shape index (κ3) is 2.46. The molecule has 7 N–H and O–H groups in total. The topological polar surface area (TPSA) is 102 Å². The van der Waals surface area contributed by atoms with Crippen LogP contribution in [0.25, 0.3) is 0 Å².